The van der Waals surface area contributed by atoms with Crippen LogP contribution < -0.4 is 10.7 Å². The fourth-order valence-corrected chi connectivity index (χ4v) is 2.30. The summed E-state index contributed by atoms with van der Waals surface area (Å²) < 4.78 is 0. The zero-order valence-corrected chi connectivity index (χ0v) is 15.2. The molecule has 0 atom stereocenters. The van der Waals surface area contributed by atoms with Crippen LogP contribution in [0.15, 0.2) is 53.6 Å². The van der Waals surface area contributed by atoms with Gasteiger partial charge in [-0.1, -0.05) is 35.9 Å². The van der Waals surface area contributed by atoms with E-state index in [0.717, 1.165) is 0 Å². The molecule has 0 bridgehead atoms. The lowest BCUT2D eigenvalue weighted by Gasteiger charge is -2.06. The third-order valence-electron chi connectivity index (χ3n) is 3.55. The van der Waals surface area contributed by atoms with E-state index in [9.17, 15) is 19.7 Å². The highest BCUT2D eigenvalue weighted by atomic mass is 35.5. The van der Waals surface area contributed by atoms with Gasteiger partial charge in [0, 0.05) is 30.5 Å². The summed E-state index contributed by atoms with van der Waals surface area (Å²) in [5, 5.41) is 17.7. The number of anilines is 1. The van der Waals surface area contributed by atoms with Crippen LogP contribution in [0.2, 0.25) is 5.02 Å². The zero-order chi connectivity index (χ0) is 19.8. The van der Waals surface area contributed by atoms with Crippen molar-refractivity contribution in [3.05, 3.63) is 69.2 Å². The Morgan fingerprint density at radius 3 is 2.52 bits per heavy atom. The molecule has 0 aromatic heterocycles. The number of nitro benzene ring substituents is 1. The highest BCUT2D eigenvalue weighted by molar-refractivity contribution is 6.33. The molecule has 0 fully saturated rings. The van der Waals surface area contributed by atoms with Crippen LogP contribution in [-0.2, 0) is 9.59 Å². The smallest absolute Gasteiger partial charge is 0.270 e. The third kappa shape index (κ3) is 6.19. The molecular formula is C18H17ClN4O4. The number of para-hydroxylation sites is 1. The van der Waals surface area contributed by atoms with Gasteiger partial charge in [0.05, 0.1) is 21.3 Å². The topological polar surface area (TPSA) is 114 Å². The number of halogens is 1. The van der Waals surface area contributed by atoms with Gasteiger partial charge in [-0.25, -0.2) is 5.43 Å². The van der Waals surface area contributed by atoms with E-state index in [1.54, 1.807) is 37.3 Å². The summed E-state index contributed by atoms with van der Waals surface area (Å²) in [6, 6.07) is 12.7. The van der Waals surface area contributed by atoms with Gasteiger partial charge in [0.15, 0.2) is 0 Å². The molecule has 8 nitrogen and oxygen atoms in total. The molecule has 0 heterocycles. The number of nitrogens with zero attached hydrogens (tertiary/aromatic N) is 2. The number of hydrogen-bond donors (Lipinski definition) is 2. The second-order valence-corrected chi connectivity index (χ2v) is 5.97. The second kappa shape index (κ2) is 9.44. The van der Waals surface area contributed by atoms with Crippen LogP contribution in [-0.4, -0.2) is 22.4 Å². The lowest BCUT2D eigenvalue weighted by molar-refractivity contribution is -0.384. The van der Waals surface area contributed by atoms with Crippen molar-refractivity contribution < 1.29 is 14.5 Å². The highest BCUT2D eigenvalue weighted by Gasteiger charge is 2.10. The lowest BCUT2D eigenvalue weighted by atomic mass is 10.1. The second-order valence-electron chi connectivity index (χ2n) is 5.57. The van der Waals surface area contributed by atoms with Crippen molar-refractivity contribution in [2.24, 2.45) is 5.10 Å². The zero-order valence-electron chi connectivity index (χ0n) is 14.4. The average molecular weight is 389 g/mol. The van der Waals surface area contributed by atoms with E-state index in [1.165, 1.54) is 18.2 Å². The maximum atomic E-state index is 11.9. The number of carbonyl (C=O) groups is 2. The third-order valence-corrected chi connectivity index (χ3v) is 3.88. The number of hydrazone groups is 1. The number of amides is 2. The largest absolute Gasteiger partial charge is 0.325 e. The summed E-state index contributed by atoms with van der Waals surface area (Å²) in [5.41, 5.74) is 3.67. The first-order valence-electron chi connectivity index (χ1n) is 7.99. The van der Waals surface area contributed by atoms with Gasteiger partial charge in [0.25, 0.3) is 5.69 Å². The van der Waals surface area contributed by atoms with E-state index in [4.69, 9.17) is 11.6 Å². The Kier molecular flexibility index (Phi) is 7.01. The number of benzene rings is 2. The molecule has 0 aliphatic carbocycles. The fourth-order valence-electron chi connectivity index (χ4n) is 2.11. The van der Waals surface area contributed by atoms with Crippen molar-refractivity contribution in [2.75, 3.05) is 5.32 Å². The van der Waals surface area contributed by atoms with Crippen LogP contribution in [0.4, 0.5) is 11.4 Å². The molecule has 0 spiro atoms. The Balaban J connectivity index is 1.85. The monoisotopic (exact) mass is 388 g/mol. The number of non-ortho nitro benzene ring substituents is 1. The average Bonchev–Trinajstić information content (AvgIpc) is 2.66. The van der Waals surface area contributed by atoms with Gasteiger partial charge in [-0.2, -0.15) is 5.10 Å². The van der Waals surface area contributed by atoms with Crippen molar-refractivity contribution in [1.82, 2.24) is 5.43 Å². The Hall–Kier alpha value is -3.26. The van der Waals surface area contributed by atoms with Gasteiger partial charge < -0.3 is 5.32 Å². The first-order chi connectivity index (χ1) is 12.9. The van der Waals surface area contributed by atoms with Gasteiger partial charge in [-0.3, -0.25) is 19.7 Å². The van der Waals surface area contributed by atoms with E-state index >= 15 is 0 Å². The van der Waals surface area contributed by atoms with Gasteiger partial charge in [0.2, 0.25) is 11.8 Å². The SMILES string of the molecule is C/C(=N\NC(=O)CCC(=O)Nc1ccccc1Cl)c1cccc([N+](=O)[O-])c1. The van der Waals surface area contributed by atoms with E-state index < -0.39 is 10.8 Å². The molecule has 2 rings (SSSR count). The molecule has 140 valence electrons. The molecule has 2 aromatic rings. The van der Waals surface area contributed by atoms with E-state index in [-0.39, 0.29) is 24.4 Å². The number of carbonyl (C=O) groups excluding carboxylic acids is 2. The van der Waals surface area contributed by atoms with Gasteiger partial charge in [0.1, 0.15) is 0 Å². The first kappa shape index (κ1) is 20.1. The number of nitro groups is 1. The summed E-state index contributed by atoms with van der Waals surface area (Å²) in [4.78, 5) is 34.0. The Morgan fingerprint density at radius 2 is 1.81 bits per heavy atom. The molecule has 2 aromatic carbocycles. The van der Waals surface area contributed by atoms with Crippen molar-refractivity contribution in [1.29, 1.82) is 0 Å². The molecule has 0 aliphatic heterocycles. The maximum Gasteiger partial charge on any atom is 0.270 e. The molecule has 9 heteroatoms. The molecule has 0 unspecified atom stereocenters. The molecule has 2 N–H and O–H groups in total. The van der Waals surface area contributed by atoms with Gasteiger partial charge in [-0.15, -0.1) is 0 Å². The minimum atomic E-state index is -0.507. The normalized spacial score (nSPS) is 11.0. The van der Waals surface area contributed by atoms with E-state index in [1.807, 2.05) is 0 Å². The van der Waals surface area contributed by atoms with Crippen LogP contribution in [0.25, 0.3) is 0 Å². The Labute approximate surface area is 160 Å². The molecule has 0 saturated heterocycles. The fraction of sp³-hybridized carbons (Fsp3) is 0.167. The number of rotatable bonds is 7. The van der Waals surface area contributed by atoms with Crippen LogP contribution >= 0.6 is 11.6 Å². The van der Waals surface area contributed by atoms with Crippen molar-refractivity contribution in [3.8, 4) is 0 Å². The van der Waals surface area contributed by atoms with E-state index in [0.29, 0.717) is 22.0 Å². The van der Waals surface area contributed by atoms with Gasteiger partial charge in [-0.05, 0) is 19.1 Å². The minimum absolute atomic E-state index is 0.0393. The summed E-state index contributed by atoms with van der Waals surface area (Å²) in [6.45, 7) is 1.61. The lowest BCUT2D eigenvalue weighted by Crippen LogP contribution is -2.21. The molecule has 0 aliphatic rings. The summed E-state index contributed by atoms with van der Waals surface area (Å²) in [5.74, 6) is -0.799. The summed E-state index contributed by atoms with van der Waals surface area (Å²) >= 11 is 5.95. The van der Waals surface area contributed by atoms with Crippen molar-refractivity contribution in [2.45, 2.75) is 19.8 Å². The van der Waals surface area contributed by atoms with E-state index in [2.05, 4.69) is 15.8 Å². The number of hydrogen-bond acceptors (Lipinski definition) is 5. The predicted octanol–water partition coefficient (Wildman–Crippen LogP) is 3.51. The first-order valence-corrected chi connectivity index (χ1v) is 8.37. The van der Waals surface area contributed by atoms with Gasteiger partial charge >= 0.3 is 0 Å². The van der Waals surface area contributed by atoms with Crippen LogP contribution in [0.1, 0.15) is 25.3 Å². The standard InChI is InChI=1S/C18H17ClN4O4/c1-12(13-5-4-6-14(11-13)23(26)27)21-22-18(25)10-9-17(24)20-16-8-3-2-7-15(16)19/h2-8,11H,9-10H2,1H3,(H,20,24)(H,22,25)/b21-12+. The van der Waals surface area contributed by atoms with Crippen LogP contribution in [0.5, 0.6) is 0 Å². The Bertz CT molecular complexity index is 898. The minimum Gasteiger partial charge on any atom is -0.325 e. The Morgan fingerprint density at radius 1 is 1.11 bits per heavy atom. The molecule has 0 saturated carbocycles. The van der Waals surface area contributed by atoms with Crippen LogP contribution in [0.3, 0.4) is 0 Å². The predicted molar refractivity (Wildman–Crippen MR) is 103 cm³/mol. The number of nitrogens with one attached hydrogen (secondary N) is 2. The molecule has 0 radical (unpaired) electrons. The van der Waals surface area contributed by atoms with Crippen molar-refractivity contribution >= 4 is 40.5 Å². The maximum absolute atomic E-state index is 11.9. The molecular weight excluding hydrogens is 372 g/mol. The molecule has 2 amide bonds. The highest BCUT2D eigenvalue weighted by Crippen LogP contribution is 2.20. The van der Waals surface area contributed by atoms with Crippen LogP contribution in [0, 0.1) is 10.1 Å². The summed E-state index contributed by atoms with van der Waals surface area (Å²) in [6.07, 6.45) is -0.107. The quantitative estimate of drug-likeness (QED) is 0.429. The van der Waals surface area contributed by atoms with Crippen molar-refractivity contribution in [3.63, 3.8) is 0 Å². The summed E-state index contributed by atoms with van der Waals surface area (Å²) in [7, 11) is 0. The molecule has 27 heavy (non-hydrogen) atoms.